The second-order valence-electron chi connectivity index (χ2n) is 3.37. The molecule has 0 radical (unpaired) electrons. The van der Waals surface area contributed by atoms with E-state index in [2.05, 4.69) is 9.71 Å². The van der Waals surface area contributed by atoms with E-state index in [0.717, 1.165) is 16.9 Å². The van der Waals surface area contributed by atoms with Crippen molar-refractivity contribution >= 4 is 44.6 Å². The summed E-state index contributed by atoms with van der Waals surface area (Å²) in [5, 5.41) is 0.367. The van der Waals surface area contributed by atoms with Crippen LogP contribution in [0.5, 0.6) is 0 Å². The zero-order chi connectivity index (χ0) is 13.2. The van der Waals surface area contributed by atoms with Gasteiger partial charge in [-0.2, -0.15) is 0 Å². The summed E-state index contributed by atoms with van der Waals surface area (Å²) in [4.78, 5) is 3.87. The largest absolute Gasteiger partial charge is 0.250 e. The Labute approximate surface area is 119 Å². The number of sulfonamides is 1. The summed E-state index contributed by atoms with van der Waals surface area (Å²) in [5.41, 5.74) is 0.727. The lowest BCUT2D eigenvalue weighted by molar-refractivity contribution is 0.583. The number of hydrogen-bond donors (Lipinski definition) is 1. The molecule has 18 heavy (non-hydrogen) atoms. The molecule has 0 spiro atoms. The molecule has 0 aromatic carbocycles. The zero-order valence-electron chi connectivity index (χ0n) is 8.93. The first-order valence-electron chi connectivity index (χ1n) is 4.83. The summed E-state index contributed by atoms with van der Waals surface area (Å²) >= 11 is 12.4. The lowest BCUT2D eigenvalue weighted by Crippen LogP contribution is -2.22. The highest BCUT2D eigenvalue weighted by molar-refractivity contribution is 7.91. The minimum absolute atomic E-state index is 0.155. The fourth-order valence-electron chi connectivity index (χ4n) is 1.20. The summed E-state index contributed by atoms with van der Waals surface area (Å²) in [6.45, 7) is 0.155. The standard InChI is InChI=1S/C10H8Cl2N2O2S2/c11-8-2-1-7(5-13-8)6-14-18(15,16)10-4-3-9(12)17-10/h1-5,14H,6H2. The monoisotopic (exact) mass is 322 g/mol. The second kappa shape index (κ2) is 5.54. The Morgan fingerprint density at radius 3 is 2.56 bits per heavy atom. The highest BCUT2D eigenvalue weighted by atomic mass is 35.5. The molecule has 0 aliphatic carbocycles. The van der Waals surface area contributed by atoms with Gasteiger partial charge in [-0.05, 0) is 23.8 Å². The molecule has 0 fully saturated rings. The zero-order valence-corrected chi connectivity index (χ0v) is 12.1. The highest BCUT2D eigenvalue weighted by Gasteiger charge is 2.16. The van der Waals surface area contributed by atoms with Gasteiger partial charge in [0.15, 0.2) is 0 Å². The van der Waals surface area contributed by atoms with Gasteiger partial charge in [0.05, 0.1) is 4.34 Å². The van der Waals surface area contributed by atoms with Crippen LogP contribution in [-0.4, -0.2) is 13.4 Å². The van der Waals surface area contributed by atoms with Crippen molar-refractivity contribution in [2.45, 2.75) is 10.8 Å². The number of aromatic nitrogens is 1. The molecule has 0 atom stereocenters. The third-order valence-electron chi connectivity index (χ3n) is 2.07. The van der Waals surface area contributed by atoms with Gasteiger partial charge in [0, 0.05) is 12.7 Å². The molecule has 2 heterocycles. The number of thiophene rings is 1. The molecule has 0 aliphatic rings. The molecular formula is C10H8Cl2N2O2S2. The van der Waals surface area contributed by atoms with E-state index in [9.17, 15) is 8.42 Å². The van der Waals surface area contributed by atoms with Gasteiger partial charge in [-0.3, -0.25) is 0 Å². The predicted molar refractivity (Wildman–Crippen MR) is 72.6 cm³/mol. The molecule has 4 nitrogen and oxygen atoms in total. The van der Waals surface area contributed by atoms with E-state index in [1.54, 1.807) is 18.2 Å². The first-order valence-corrected chi connectivity index (χ1v) is 7.88. The van der Waals surface area contributed by atoms with Crippen molar-refractivity contribution in [1.82, 2.24) is 9.71 Å². The van der Waals surface area contributed by atoms with Crippen molar-refractivity contribution in [3.05, 3.63) is 45.5 Å². The summed E-state index contributed by atoms with van der Waals surface area (Å²) in [6.07, 6.45) is 1.52. The van der Waals surface area contributed by atoms with Crippen LogP contribution < -0.4 is 4.72 Å². The van der Waals surface area contributed by atoms with Crippen molar-refractivity contribution in [2.24, 2.45) is 0 Å². The van der Waals surface area contributed by atoms with Crippen molar-refractivity contribution < 1.29 is 8.42 Å². The summed E-state index contributed by atoms with van der Waals surface area (Å²) in [7, 11) is -3.52. The lowest BCUT2D eigenvalue weighted by atomic mass is 10.3. The van der Waals surface area contributed by atoms with Crippen LogP contribution in [0.4, 0.5) is 0 Å². The Kier molecular flexibility index (Phi) is 4.24. The molecule has 0 saturated heterocycles. The Hall–Kier alpha value is -0.660. The molecule has 0 aliphatic heterocycles. The molecule has 8 heteroatoms. The second-order valence-corrected chi connectivity index (χ2v) is 7.47. The average molecular weight is 323 g/mol. The van der Waals surface area contributed by atoms with Crippen molar-refractivity contribution in [2.75, 3.05) is 0 Å². The molecular weight excluding hydrogens is 315 g/mol. The molecule has 0 unspecified atom stereocenters. The molecule has 1 N–H and O–H groups in total. The molecule has 0 bridgehead atoms. The van der Waals surface area contributed by atoms with Crippen LogP contribution in [0.3, 0.4) is 0 Å². The maximum atomic E-state index is 11.9. The topological polar surface area (TPSA) is 59.1 Å². The summed E-state index contributed by atoms with van der Waals surface area (Å²) < 4.78 is 26.8. The molecule has 0 amide bonds. The van der Waals surface area contributed by atoms with Gasteiger partial charge in [-0.1, -0.05) is 29.3 Å². The minimum atomic E-state index is -3.52. The van der Waals surface area contributed by atoms with E-state index < -0.39 is 10.0 Å². The Morgan fingerprint density at radius 2 is 2.00 bits per heavy atom. The van der Waals surface area contributed by atoms with Crippen molar-refractivity contribution in [3.63, 3.8) is 0 Å². The molecule has 2 aromatic rings. The maximum absolute atomic E-state index is 11.9. The van der Waals surface area contributed by atoms with Crippen LogP contribution >= 0.6 is 34.5 Å². The molecule has 2 aromatic heterocycles. The maximum Gasteiger partial charge on any atom is 0.250 e. The van der Waals surface area contributed by atoms with E-state index in [-0.39, 0.29) is 10.8 Å². The van der Waals surface area contributed by atoms with E-state index in [1.807, 2.05) is 0 Å². The number of nitrogens with one attached hydrogen (secondary N) is 1. The van der Waals surface area contributed by atoms with Crippen molar-refractivity contribution in [3.8, 4) is 0 Å². The fourth-order valence-corrected chi connectivity index (χ4v) is 3.86. The number of halogens is 2. The molecule has 96 valence electrons. The van der Waals surface area contributed by atoms with Gasteiger partial charge in [0.25, 0.3) is 0 Å². The number of nitrogens with zero attached hydrogens (tertiary/aromatic N) is 1. The van der Waals surface area contributed by atoms with Crippen LogP contribution in [0.25, 0.3) is 0 Å². The summed E-state index contributed by atoms with van der Waals surface area (Å²) in [5.74, 6) is 0. The van der Waals surface area contributed by atoms with Gasteiger partial charge in [-0.25, -0.2) is 18.1 Å². The predicted octanol–water partition coefficient (Wildman–Crippen LogP) is 2.93. The van der Waals surface area contributed by atoms with Crippen molar-refractivity contribution in [1.29, 1.82) is 0 Å². The van der Waals surface area contributed by atoms with E-state index in [4.69, 9.17) is 23.2 Å². The molecule has 2 rings (SSSR count). The Balaban J connectivity index is 2.08. The minimum Gasteiger partial charge on any atom is -0.244 e. The van der Waals surface area contributed by atoms with Gasteiger partial charge >= 0.3 is 0 Å². The Morgan fingerprint density at radius 1 is 1.22 bits per heavy atom. The average Bonchev–Trinajstić information content (AvgIpc) is 2.76. The van der Waals surface area contributed by atoms with Crippen LogP contribution in [0.2, 0.25) is 9.49 Å². The fraction of sp³-hybridized carbons (Fsp3) is 0.100. The third-order valence-corrected chi connectivity index (χ3v) is 5.42. The van der Waals surface area contributed by atoms with E-state index in [1.165, 1.54) is 12.3 Å². The van der Waals surface area contributed by atoms with Crippen LogP contribution in [0.1, 0.15) is 5.56 Å². The van der Waals surface area contributed by atoms with Gasteiger partial charge in [-0.15, -0.1) is 11.3 Å². The van der Waals surface area contributed by atoms with Crippen LogP contribution in [0, 0.1) is 0 Å². The SMILES string of the molecule is O=S(=O)(NCc1ccc(Cl)nc1)c1ccc(Cl)s1. The smallest absolute Gasteiger partial charge is 0.244 e. The summed E-state index contributed by atoms with van der Waals surface area (Å²) in [6, 6.07) is 6.33. The Bertz CT molecular complexity index is 638. The number of pyridine rings is 1. The van der Waals surface area contributed by atoms with Crippen LogP contribution in [-0.2, 0) is 16.6 Å². The quantitative estimate of drug-likeness (QED) is 0.880. The van der Waals surface area contributed by atoms with Crippen LogP contribution in [0.15, 0.2) is 34.7 Å². The first kappa shape index (κ1) is 13.8. The highest BCUT2D eigenvalue weighted by Crippen LogP contribution is 2.25. The lowest BCUT2D eigenvalue weighted by Gasteiger charge is -2.04. The van der Waals surface area contributed by atoms with E-state index in [0.29, 0.717) is 9.49 Å². The van der Waals surface area contributed by atoms with Gasteiger partial charge in [0.1, 0.15) is 9.36 Å². The first-order chi connectivity index (χ1) is 8.47. The van der Waals surface area contributed by atoms with Gasteiger partial charge in [0.2, 0.25) is 10.0 Å². The number of hydrogen-bond acceptors (Lipinski definition) is 4. The normalized spacial score (nSPS) is 11.7. The van der Waals surface area contributed by atoms with Gasteiger partial charge < -0.3 is 0 Å². The molecule has 0 saturated carbocycles. The van der Waals surface area contributed by atoms with E-state index >= 15 is 0 Å². The number of rotatable bonds is 4. The third kappa shape index (κ3) is 3.43.